The van der Waals surface area contributed by atoms with E-state index in [9.17, 15) is 4.79 Å². The Balaban J connectivity index is 3.16. The Labute approximate surface area is 85.0 Å². The third-order valence-corrected chi connectivity index (χ3v) is 1.49. The number of benzene rings is 1. The summed E-state index contributed by atoms with van der Waals surface area (Å²) >= 11 is 0. The van der Waals surface area contributed by atoms with Crippen molar-refractivity contribution in [3.8, 4) is 24.0 Å². The fraction of sp³-hybridized carbons (Fsp3) is 0. The van der Waals surface area contributed by atoms with Crippen LogP contribution in [0.15, 0.2) is 18.2 Å². The summed E-state index contributed by atoms with van der Waals surface area (Å²) in [5, 5.41) is 16.6. The summed E-state index contributed by atoms with van der Waals surface area (Å²) in [5.74, 6) is -0.542. The van der Waals surface area contributed by atoms with Crippen LogP contribution in [0.1, 0.15) is 10.4 Å². The number of carbonyl (C=O) groups is 1. The number of nitrogens with zero attached hydrogens (tertiary/aromatic N) is 2. The summed E-state index contributed by atoms with van der Waals surface area (Å²) in [7, 11) is 0. The van der Waals surface area contributed by atoms with E-state index in [0.29, 0.717) is 0 Å². The zero-order valence-corrected chi connectivity index (χ0v) is 7.43. The van der Waals surface area contributed by atoms with Gasteiger partial charge in [0.05, 0.1) is 0 Å². The van der Waals surface area contributed by atoms with Gasteiger partial charge in [-0.1, -0.05) is 0 Å². The van der Waals surface area contributed by atoms with Gasteiger partial charge in [0, 0.05) is 11.6 Å². The molecule has 1 rings (SSSR count). The number of primary amides is 1. The molecule has 1 aromatic rings. The van der Waals surface area contributed by atoms with Crippen molar-refractivity contribution in [1.82, 2.24) is 0 Å². The highest BCUT2D eigenvalue weighted by molar-refractivity contribution is 5.93. The number of ether oxygens (including phenoxy) is 2. The third kappa shape index (κ3) is 2.61. The molecule has 0 aliphatic heterocycles. The van der Waals surface area contributed by atoms with Gasteiger partial charge >= 0.3 is 0 Å². The number of nitrogens with two attached hydrogens (primary N) is 1. The third-order valence-electron chi connectivity index (χ3n) is 1.49. The first-order valence-electron chi connectivity index (χ1n) is 3.74. The Hall–Kier alpha value is -2.73. The lowest BCUT2D eigenvalue weighted by Gasteiger charge is -2.02. The van der Waals surface area contributed by atoms with Crippen molar-refractivity contribution >= 4 is 5.91 Å². The van der Waals surface area contributed by atoms with E-state index < -0.39 is 5.91 Å². The van der Waals surface area contributed by atoms with Crippen molar-refractivity contribution < 1.29 is 14.3 Å². The van der Waals surface area contributed by atoms with E-state index in [1.54, 1.807) is 0 Å². The molecule has 1 amide bonds. The van der Waals surface area contributed by atoms with Gasteiger partial charge in [0.15, 0.2) is 0 Å². The molecular weight excluding hydrogens is 198 g/mol. The topological polar surface area (TPSA) is 109 Å². The SMILES string of the molecule is N#COc1cc(OC#N)cc(C(N)=O)c1. The maximum atomic E-state index is 10.9. The first-order valence-corrected chi connectivity index (χ1v) is 3.74. The zero-order valence-electron chi connectivity index (χ0n) is 7.43. The average molecular weight is 203 g/mol. The molecule has 0 unspecified atom stereocenters. The number of nitriles is 2. The van der Waals surface area contributed by atoms with Crippen LogP contribution in [0.4, 0.5) is 0 Å². The predicted octanol–water partition coefficient (Wildman–Crippen LogP) is 0.505. The van der Waals surface area contributed by atoms with Crippen LogP contribution in [0, 0.1) is 23.0 Å². The second-order valence-corrected chi connectivity index (χ2v) is 2.44. The van der Waals surface area contributed by atoms with E-state index in [-0.39, 0.29) is 17.1 Å². The van der Waals surface area contributed by atoms with Gasteiger partial charge in [-0.2, -0.15) is 0 Å². The number of amides is 1. The molecule has 0 aliphatic rings. The largest absolute Gasteiger partial charge is 0.388 e. The van der Waals surface area contributed by atoms with Crippen molar-refractivity contribution in [2.45, 2.75) is 0 Å². The Morgan fingerprint density at radius 2 is 1.60 bits per heavy atom. The zero-order chi connectivity index (χ0) is 11.3. The normalized spacial score (nSPS) is 8.40. The molecule has 0 heterocycles. The van der Waals surface area contributed by atoms with E-state index >= 15 is 0 Å². The molecule has 74 valence electrons. The first kappa shape index (κ1) is 10.4. The summed E-state index contributed by atoms with van der Waals surface area (Å²) in [6.45, 7) is 0. The molecule has 0 saturated carbocycles. The summed E-state index contributed by atoms with van der Waals surface area (Å²) in [6.07, 6.45) is 2.86. The molecule has 0 saturated heterocycles. The second kappa shape index (κ2) is 4.49. The van der Waals surface area contributed by atoms with E-state index in [1.807, 2.05) is 0 Å². The average Bonchev–Trinajstić information content (AvgIpc) is 2.18. The maximum absolute atomic E-state index is 10.9. The number of carbonyl (C=O) groups excluding carboxylic acids is 1. The van der Waals surface area contributed by atoms with E-state index in [2.05, 4.69) is 9.47 Å². The van der Waals surface area contributed by atoms with Gasteiger partial charge in [-0.25, -0.2) is 0 Å². The minimum absolute atomic E-state index is 0.0825. The van der Waals surface area contributed by atoms with Crippen LogP contribution in [0.5, 0.6) is 11.5 Å². The lowest BCUT2D eigenvalue weighted by Crippen LogP contribution is -2.11. The van der Waals surface area contributed by atoms with Crippen LogP contribution in [-0.2, 0) is 0 Å². The molecule has 6 heteroatoms. The summed E-state index contributed by atoms with van der Waals surface area (Å²) in [5.41, 5.74) is 5.12. The molecular formula is C9H5N3O3. The standard InChI is InChI=1S/C9H5N3O3/c10-4-14-7-1-6(9(12)13)2-8(3-7)15-5-11/h1-3H,(H2,12,13). The van der Waals surface area contributed by atoms with Crippen molar-refractivity contribution in [1.29, 1.82) is 10.5 Å². The molecule has 0 fully saturated rings. The fourth-order valence-corrected chi connectivity index (χ4v) is 0.937. The van der Waals surface area contributed by atoms with Crippen LogP contribution < -0.4 is 15.2 Å². The fourth-order valence-electron chi connectivity index (χ4n) is 0.937. The Morgan fingerprint density at radius 1 is 1.13 bits per heavy atom. The highest BCUT2D eigenvalue weighted by Gasteiger charge is 2.07. The summed E-state index contributed by atoms with van der Waals surface area (Å²) < 4.78 is 8.98. The smallest absolute Gasteiger partial charge is 0.292 e. The quantitative estimate of drug-likeness (QED) is 0.719. The van der Waals surface area contributed by atoms with E-state index in [1.165, 1.54) is 30.7 Å². The molecule has 0 atom stereocenters. The van der Waals surface area contributed by atoms with Crippen molar-refractivity contribution in [3.63, 3.8) is 0 Å². The van der Waals surface area contributed by atoms with Crippen LogP contribution in [0.25, 0.3) is 0 Å². The number of hydrogen-bond donors (Lipinski definition) is 1. The Bertz CT molecular complexity index is 436. The Kier molecular flexibility index (Phi) is 3.10. The molecule has 0 spiro atoms. The van der Waals surface area contributed by atoms with Gasteiger partial charge in [-0.05, 0) is 12.1 Å². The molecule has 0 aromatic heterocycles. The maximum Gasteiger partial charge on any atom is 0.292 e. The molecule has 0 bridgehead atoms. The van der Waals surface area contributed by atoms with E-state index in [0.717, 1.165) is 0 Å². The Morgan fingerprint density at radius 3 is 1.93 bits per heavy atom. The van der Waals surface area contributed by atoms with Crippen molar-refractivity contribution in [2.24, 2.45) is 5.73 Å². The van der Waals surface area contributed by atoms with Gasteiger partial charge in [0.1, 0.15) is 11.5 Å². The van der Waals surface area contributed by atoms with Gasteiger partial charge in [0.2, 0.25) is 5.91 Å². The van der Waals surface area contributed by atoms with Crippen LogP contribution in [0.2, 0.25) is 0 Å². The molecule has 15 heavy (non-hydrogen) atoms. The van der Waals surface area contributed by atoms with Crippen LogP contribution >= 0.6 is 0 Å². The predicted molar refractivity (Wildman–Crippen MR) is 47.4 cm³/mol. The van der Waals surface area contributed by atoms with Gasteiger partial charge < -0.3 is 15.2 Å². The first-order chi connectivity index (χ1) is 7.17. The molecule has 0 radical (unpaired) electrons. The minimum atomic E-state index is -0.707. The highest BCUT2D eigenvalue weighted by Crippen LogP contribution is 2.22. The van der Waals surface area contributed by atoms with Crippen LogP contribution in [-0.4, -0.2) is 5.91 Å². The molecule has 1 aromatic carbocycles. The number of hydrogen-bond acceptors (Lipinski definition) is 5. The second-order valence-electron chi connectivity index (χ2n) is 2.44. The monoisotopic (exact) mass is 203 g/mol. The van der Waals surface area contributed by atoms with Crippen molar-refractivity contribution in [3.05, 3.63) is 23.8 Å². The minimum Gasteiger partial charge on any atom is -0.388 e. The summed E-state index contributed by atoms with van der Waals surface area (Å²) in [6, 6.07) is 3.84. The van der Waals surface area contributed by atoms with Crippen LogP contribution in [0.3, 0.4) is 0 Å². The molecule has 2 N–H and O–H groups in total. The lowest BCUT2D eigenvalue weighted by atomic mass is 10.2. The highest BCUT2D eigenvalue weighted by atomic mass is 16.5. The lowest BCUT2D eigenvalue weighted by molar-refractivity contribution is 0.0999. The van der Waals surface area contributed by atoms with Gasteiger partial charge in [0.25, 0.3) is 12.5 Å². The summed E-state index contributed by atoms with van der Waals surface area (Å²) in [4.78, 5) is 10.9. The van der Waals surface area contributed by atoms with Gasteiger partial charge in [-0.15, -0.1) is 10.5 Å². The van der Waals surface area contributed by atoms with Gasteiger partial charge in [-0.3, -0.25) is 4.79 Å². The van der Waals surface area contributed by atoms with Crippen molar-refractivity contribution in [2.75, 3.05) is 0 Å². The molecule has 6 nitrogen and oxygen atoms in total. The van der Waals surface area contributed by atoms with E-state index in [4.69, 9.17) is 16.3 Å². The number of rotatable bonds is 3. The molecule has 0 aliphatic carbocycles.